The third-order valence-corrected chi connectivity index (χ3v) is 4.27. The van der Waals surface area contributed by atoms with E-state index in [0.29, 0.717) is 24.3 Å². The van der Waals surface area contributed by atoms with Crippen molar-refractivity contribution in [1.82, 2.24) is 24.9 Å². The first-order chi connectivity index (χ1) is 11.2. The quantitative estimate of drug-likeness (QED) is 0.805. The van der Waals surface area contributed by atoms with Gasteiger partial charge in [-0.1, -0.05) is 0 Å². The smallest absolute Gasteiger partial charge is 0.313 e. The Balaban J connectivity index is 1.91. The number of anilines is 1. The fourth-order valence-corrected chi connectivity index (χ4v) is 2.69. The zero-order chi connectivity index (χ0) is 18.0. The van der Waals surface area contributed by atoms with Crippen LogP contribution in [0, 0.1) is 27.7 Å². The second-order valence-corrected chi connectivity index (χ2v) is 5.90. The van der Waals surface area contributed by atoms with Crippen LogP contribution in [-0.4, -0.2) is 37.9 Å². The van der Waals surface area contributed by atoms with Gasteiger partial charge in [0.05, 0.1) is 22.8 Å². The standard InChI is InChI=1S/C16H24N6O2/c1-9-13(11(3)21(5)19-9)7-8-17-15(23)16(24)18-14-10(2)20-22(6)12(14)4/h7-8H2,1-6H3,(H,17,23)(H,18,24). The van der Waals surface area contributed by atoms with Crippen molar-refractivity contribution in [3.05, 3.63) is 28.3 Å². The molecule has 2 rings (SSSR count). The zero-order valence-electron chi connectivity index (χ0n) is 15.0. The second kappa shape index (κ2) is 6.86. The normalized spacial score (nSPS) is 10.8. The molecule has 24 heavy (non-hydrogen) atoms. The summed E-state index contributed by atoms with van der Waals surface area (Å²) in [5.74, 6) is -1.34. The van der Waals surface area contributed by atoms with Gasteiger partial charge in [0.25, 0.3) is 0 Å². The van der Waals surface area contributed by atoms with Gasteiger partial charge in [-0.25, -0.2) is 0 Å². The van der Waals surface area contributed by atoms with Crippen LogP contribution in [0.2, 0.25) is 0 Å². The fraction of sp³-hybridized carbons (Fsp3) is 0.500. The maximum absolute atomic E-state index is 12.0. The summed E-state index contributed by atoms with van der Waals surface area (Å²) >= 11 is 0. The number of aryl methyl sites for hydroxylation is 4. The number of aromatic nitrogens is 4. The average Bonchev–Trinajstić information content (AvgIpc) is 2.90. The SMILES string of the molecule is Cc1nn(C)c(C)c1CCNC(=O)C(=O)Nc1c(C)nn(C)c1C. The first-order valence-corrected chi connectivity index (χ1v) is 7.80. The molecule has 130 valence electrons. The van der Waals surface area contributed by atoms with Gasteiger partial charge in [-0.05, 0) is 39.7 Å². The van der Waals surface area contributed by atoms with Gasteiger partial charge in [0.2, 0.25) is 0 Å². The second-order valence-electron chi connectivity index (χ2n) is 5.90. The highest BCUT2D eigenvalue weighted by Crippen LogP contribution is 2.18. The van der Waals surface area contributed by atoms with Gasteiger partial charge >= 0.3 is 11.8 Å². The third kappa shape index (κ3) is 3.47. The molecule has 2 amide bonds. The van der Waals surface area contributed by atoms with Crippen LogP contribution < -0.4 is 10.6 Å². The molecule has 8 nitrogen and oxygen atoms in total. The molecule has 0 saturated heterocycles. The van der Waals surface area contributed by atoms with Crippen LogP contribution in [0.5, 0.6) is 0 Å². The molecule has 2 heterocycles. The highest BCUT2D eigenvalue weighted by molar-refractivity contribution is 6.39. The summed E-state index contributed by atoms with van der Waals surface area (Å²) < 4.78 is 3.48. The van der Waals surface area contributed by atoms with Crippen LogP contribution in [0.15, 0.2) is 0 Å². The number of carbonyl (C=O) groups is 2. The number of amides is 2. The summed E-state index contributed by atoms with van der Waals surface area (Å²) in [4.78, 5) is 24.0. The van der Waals surface area contributed by atoms with Gasteiger partial charge < -0.3 is 10.6 Å². The van der Waals surface area contributed by atoms with Crippen LogP contribution in [0.25, 0.3) is 0 Å². The van der Waals surface area contributed by atoms with E-state index in [1.54, 1.807) is 18.7 Å². The first kappa shape index (κ1) is 17.7. The van der Waals surface area contributed by atoms with E-state index in [1.807, 2.05) is 32.5 Å². The maximum atomic E-state index is 12.0. The Kier molecular flexibility index (Phi) is 5.06. The number of nitrogens with zero attached hydrogens (tertiary/aromatic N) is 4. The van der Waals surface area contributed by atoms with E-state index in [4.69, 9.17) is 0 Å². The predicted molar refractivity (Wildman–Crippen MR) is 90.7 cm³/mol. The van der Waals surface area contributed by atoms with Gasteiger partial charge in [0.1, 0.15) is 0 Å². The highest BCUT2D eigenvalue weighted by Gasteiger charge is 2.18. The highest BCUT2D eigenvalue weighted by atomic mass is 16.2. The third-order valence-electron chi connectivity index (χ3n) is 4.27. The van der Waals surface area contributed by atoms with E-state index in [9.17, 15) is 9.59 Å². The molecule has 2 N–H and O–H groups in total. The van der Waals surface area contributed by atoms with E-state index in [0.717, 1.165) is 22.6 Å². The Morgan fingerprint density at radius 1 is 0.917 bits per heavy atom. The minimum Gasteiger partial charge on any atom is -0.347 e. The van der Waals surface area contributed by atoms with E-state index in [2.05, 4.69) is 20.8 Å². The Morgan fingerprint density at radius 3 is 2.00 bits per heavy atom. The zero-order valence-corrected chi connectivity index (χ0v) is 15.0. The van der Waals surface area contributed by atoms with Gasteiger partial charge in [0, 0.05) is 26.3 Å². The molecule has 0 aliphatic rings. The van der Waals surface area contributed by atoms with Crippen molar-refractivity contribution in [2.75, 3.05) is 11.9 Å². The Labute approximate surface area is 141 Å². The maximum Gasteiger partial charge on any atom is 0.313 e. The Morgan fingerprint density at radius 2 is 1.50 bits per heavy atom. The average molecular weight is 332 g/mol. The van der Waals surface area contributed by atoms with Crippen LogP contribution in [0.1, 0.15) is 28.3 Å². The summed E-state index contributed by atoms with van der Waals surface area (Å²) in [6.07, 6.45) is 0.634. The van der Waals surface area contributed by atoms with Crippen molar-refractivity contribution in [2.45, 2.75) is 34.1 Å². The van der Waals surface area contributed by atoms with E-state index in [1.165, 1.54) is 0 Å². The molecule has 0 aliphatic heterocycles. The lowest BCUT2D eigenvalue weighted by atomic mass is 10.1. The molecule has 0 fully saturated rings. The Bertz CT molecular complexity index is 787. The largest absolute Gasteiger partial charge is 0.347 e. The molecule has 2 aromatic heterocycles. The summed E-state index contributed by atoms with van der Waals surface area (Å²) in [6, 6.07) is 0. The van der Waals surface area contributed by atoms with Crippen LogP contribution >= 0.6 is 0 Å². The molecule has 0 bridgehead atoms. The molecule has 0 atom stereocenters. The van der Waals surface area contributed by atoms with E-state index >= 15 is 0 Å². The van der Waals surface area contributed by atoms with Crippen LogP contribution in [0.4, 0.5) is 5.69 Å². The number of rotatable bonds is 4. The molecule has 0 saturated carbocycles. The lowest BCUT2D eigenvalue weighted by Crippen LogP contribution is -2.36. The summed E-state index contributed by atoms with van der Waals surface area (Å²) in [7, 11) is 3.67. The lowest BCUT2D eigenvalue weighted by molar-refractivity contribution is -0.136. The minimum absolute atomic E-state index is 0.380. The summed E-state index contributed by atoms with van der Waals surface area (Å²) in [5, 5.41) is 13.8. The number of carbonyl (C=O) groups excluding carboxylic acids is 2. The summed E-state index contributed by atoms with van der Waals surface area (Å²) in [5.41, 5.74) is 5.16. The van der Waals surface area contributed by atoms with Gasteiger partial charge in [-0.3, -0.25) is 19.0 Å². The molecule has 0 spiro atoms. The van der Waals surface area contributed by atoms with Crippen molar-refractivity contribution in [3.63, 3.8) is 0 Å². The molecule has 2 aromatic rings. The molecule has 8 heteroatoms. The predicted octanol–water partition coefficient (Wildman–Crippen LogP) is 0.685. The molecular formula is C16H24N6O2. The van der Waals surface area contributed by atoms with Crippen molar-refractivity contribution < 1.29 is 9.59 Å². The van der Waals surface area contributed by atoms with E-state index in [-0.39, 0.29) is 0 Å². The van der Waals surface area contributed by atoms with Crippen molar-refractivity contribution in [2.24, 2.45) is 14.1 Å². The fourth-order valence-electron chi connectivity index (χ4n) is 2.69. The molecule has 0 radical (unpaired) electrons. The lowest BCUT2D eigenvalue weighted by Gasteiger charge is -2.07. The number of hydrogen-bond acceptors (Lipinski definition) is 4. The van der Waals surface area contributed by atoms with Crippen molar-refractivity contribution in [1.29, 1.82) is 0 Å². The monoisotopic (exact) mass is 332 g/mol. The Hall–Kier alpha value is -2.64. The van der Waals surface area contributed by atoms with Crippen molar-refractivity contribution in [3.8, 4) is 0 Å². The number of nitrogens with one attached hydrogen (secondary N) is 2. The molecular weight excluding hydrogens is 308 g/mol. The van der Waals surface area contributed by atoms with Gasteiger partial charge in [-0.2, -0.15) is 10.2 Å². The minimum atomic E-state index is -0.686. The molecule has 0 aromatic carbocycles. The number of hydrogen-bond donors (Lipinski definition) is 2. The first-order valence-electron chi connectivity index (χ1n) is 7.80. The van der Waals surface area contributed by atoms with Crippen molar-refractivity contribution >= 4 is 17.5 Å². The molecule has 0 unspecified atom stereocenters. The van der Waals surface area contributed by atoms with Crippen LogP contribution in [0.3, 0.4) is 0 Å². The van der Waals surface area contributed by atoms with Gasteiger partial charge in [0.15, 0.2) is 0 Å². The topological polar surface area (TPSA) is 93.8 Å². The molecule has 0 aliphatic carbocycles. The van der Waals surface area contributed by atoms with Crippen LogP contribution in [-0.2, 0) is 30.1 Å². The summed E-state index contributed by atoms with van der Waals surface area (Å²) in [6.45, 7) is 7.92. The van der Waals surface area contributed by atoms with Gasteiger partial charge in [-0.15, -0.1) is 0 Å². The van der Waals surface area contributed by atoms with E-state index < -0.39 is 11.8 Å².